The van der Waals surface area contributed by atoms with Gasteiger partial charge in [-0.3, -0.25) is 9.59 Å². The molecule has 0 fully saturated rings. The van der Waals surface area contributed by atoms with Gasteiger partial charge in [0.25, 0.3) is 5.91 Å². The molecule has 0 bridgehead atoms. The smallest absolute Gasteiger partial charge is 0.422 e. The Hall–Kier alpha value is -3.17. The van der Waals surface area contributed by atoms with Gasteiger partial charge in [0.1, 0.15) is 5.82 Å². The molecule has 0 saturated carbocycles. The van der Waals surface area contributed by atoms with Crippen molar-refractivity contribution in [1.82, 2.24) is 4.98 Å². The summed E-state index contributed by atoms with van der Waals surface area (Å²) >= 11 is 0. The molecule has 144 valence electrons. The number of nitrogens with zero attached hydrogens (tertiary/aromatic N) is 2. The zero-order valence-corrected chi connectivity index (χ0v) is 13.9. The molecule has 0 radical (unpaired) electrons. The predicted octanol–water partition coefficient (Wildman–Crippen LogP) is 2.68. The maximum absolute atomic E-state index is 13.1. The van der Waals surface area contributed by atoms with Gasteiger partial charge in [-0.25, -0.2) is 9.37 Å². The number of aromatic nitrogens is 1. The number of ether oxygens (including phenoxy) is 1. The number of nitrogens with two attached hydrogens (primary N) is 1. The number of carbonyl (C=O) groups is 2. The quantitative estimate of drug-likeness (QED) is 0.743. The number of benzene rings is 1. The molecule has 0 aliphatic rings. The summed E-state index contributed by atoms with van der Waals surface area (Å²) in [6, 6.07) is 7.35. The number of rotatable bonds is 7. The van der Waals surface area contributed by atoms with Crippen LogP contribution in [0.3, 0.4) is 0 Å². The highest BCUT2D eigenvalue weighted by Crippen LogP contribution is 2.20. The zero-order chi connectivity index (χ0) is 20.0. The average molecular weight is 385 g/mol. The molecule has 1 aromatic carbocycles. The minimum atomic E-state index is -4.51. The predicted molar refractivity (Wildman–Crippen MR) is 87.7 cm³/mol. The molecule has 10 heteroatoms. The van der Waals surface area contributed by atoms with E-state index in [0.717, 1.165) is 24.4 Å². The standard InChI is InChI=1S/C17H15F4N3O3/c18-12-2-4-13(5-3-12)24(8-7-14(22)25)16(26)11-1-6-15(23-9-11)27-10-17(19,20)21/h1-6,9H,7-8,10H2,(H2,22,25). The van der Waals surface area contributed by atoms with Gasteiger partial charge in [-0.1, -0.05) is 0 Å². The van der Waals surface area contributed by atoms with Crippen molar-refractivity contribution in [2.75, 3.05) is 18.1 Å². The molecule has 0 aliphatic heterocycles. The Morgan fingerprint density at radius 3 is 2.30 bits per heavy atom. The summed E-state index contributed by atoms with van der Waals surface area (Å²) in [6.45, 7) is -1.57. The van der Waals surface area contributed by atoms with Crippen molar-refractivity contribution in [3.8, 4) is 5.88 Å². The van der Waals surface area contributed by atoms with Gasteiger partial charge in [-0.15, -0.1) is 0 Å². The molecule has 0 spiro atoms. The second-order valence-electron chi connectivity index (χ2n) is 5.44. The Kier molecular flexibility index (Phi) is 6.32. The van der Waals surface area contributed by atoms with Gasteiger partial charge in [0, 0.05) is 30.9 Å². The lowest BCUT2D eigenvalue weighted by Crippen LogP contribution is -2.34. The van der Waals surface area contributed by atoms with E-state index < -0.39 is 30.4 Å². The second kappa shape index (κ2) is 8.47. The number of anilines is 1. The summed E-state index contributed by atoms with van der Waals surface area (Å²) in [7, 11) is 0. The molecule has 6 nitrogen and oxygen atoms in total. The first-order chi connectivity index (χ1) is 12.7. The van der Waals surface area contributed by atoms with E-state index in [-0.39, 0.29) is 24.4 Å². The Morgan fingerprint density at radius 1 is 1.11 bits per heavy atom. The van der Waals surface area contributed by atoms with Crippen molar-refractivity contribution < 1.29 is 31.9 Å². The highest BCUT2D eigenvalue weighted by Gasteiger charge is 2.28. The molecule has 0 atom stereocenters. The van der Waals surface area contributed by atoms with E-state index >= 15 is 0 Å². The van der Waals surface area contributed by atoms with Gasteiger partial charge in [0.05, 0.1) is 5.56 Å². The topological polar surface area (TPSA) is 85.5 Å². The normalized spacial score (nSPS) is 11.1. The molecule has 0 unspecified atom stereocenters. The first-order valence-corrected chi connectivity index (χ1v) is 7.67. The lowest BCUT2D eigenvalue weighted by atomic mass is 10.2. The third kappa shape index (κ3) is 6.24. The highest BCUT2D eigenvalue weighted by atomic mass is 19.4. The number of halogens is 4. The third-order valence-corrected chi connectivity index (χ3v) is 3.33. The Morgan fingerprint density at radius 2 is 1.78 bits per heavy atom. The lowest BCUT2D eigenvalue weighted by molar-refractivity contribution is -0.154. The van der Waals surface area contributed by atoms with Crippen LogP contribution < -0.4 is 15.4 Å². The number of carbonyl (C=O) groups excluding carboxylic acids is 2. The molecule has 1 aromatic heterocycles. The van der Waals surface area contributed by atoms with Gasteiger partial charge >= 0.3 is 6.18 Å². The number of primary amides is 1. The summed E-state index contributed by atoms with van der Waals surface area (Å²) in [5.41, 5.74) is 5.48. The minimum absolute atomic E-state index is 0.0446. The van der Waals surface area contributed by atoms with Crippen molar-refractivity contribution in [2.24, 2.45) is 5.73 Å². The van der Waals surface area contributed by atoms with Crippen LogP contribution in [0.25, 0.3) is 0 Å². The second-order valence-corrected chi connectivity index (χ2v) is 5.44. The third-order valence-electron chi connectivity index (χ3n) is 3.33. The van der Waals surface area contributed by atoms with E-state index in [1.165, 1.54) is 23.1 Å². The first kappa shape index (κ1) is 20.1. The van der Waals surface area contributed by atoms with Gasteiger partial charge < -0.3 is 15.4 Å². The van der Waals surface area contributed by atoms with Gasteiger partial charge in [0.2, 0.25) is 11.8 Å². The molecule has 0 saturated heterocycles. The van der Waals surface area contributed by atoms with Crippen LogP contribution in [0.15, 0.2) is 42.6 Å². The summed E-state index contributed by atoms with van der Waals surface area (Å²) < 4.78 is 54.0. The number of alkyl halides is 3. The molecule has 1 heterocycles. The molecule has 27 heavy (non-hydrogen) atoms. The summed E-state index contributed by atoms with van der Waals surface area (Å²) in [5.74, 6) is -2.02. The lowest BCUT2D eigenvalue weighted by Gasteiger charge is -2.22. The minimum Gasteiger partial charge on any atom is -0.468 e. The SMILES string of the molecule is NC(=O)CCN(C(=O)c1ccc(OCC(F)(F)F)nc1)c1ccc(F)cc1. The number of hydrogen-bond donors (Lipinski definition) is 1. The van der Waals surface area contributed by atoms with E-state index in [4.69, 9.17) is 5.73 Å². The molecular formula is C17H15F4N3O3. The fraction of sp³-hybridized carbons (Fsp3) is 0.235. The maximum atomic E-state index is 13.1. The summed E-state index contributed by atoms with van der Waals surface area (Å²) in [5, 5.41) is 0. The van der Waals surface area contributed by atoms with E-state index in [9.17, 15) is 27.2 Å². The number of amides is 2. The van der Waals surface area contributed by atoms with Crippen LogP contribution in [0.5, 0.6) is 5.88 Å². The van der Waals surface area contributed by atoms with Crippen molar-refractivity contribution in [3.63, 3.8) is 0 Å². The average Bonchev–Trinajstić information content (AvgIpc) is 2.61. The number of pyridine rings is 1. The van der Waals surface area contributed by atoms with Crippen molar-refractivity contribution in [1.29, 1.82) is 0 Å². The van der Waals surface area contributed by atoms with E-state index in [0.29, 0.717) is 5.69 Å². The highest BCUT2D eigenvalue weighted by molar-refractivity contribution is 6.06. The molecule has 2 N–H and O–H groups in total. The fourth-order valence-corrected chi connectivity index (χ4v) is 2.09. The maximum Gasteiger partial charge on any atom is 0.422 e. The monoisotopic (exact) mass is 385 g/mol. The summed E-state index contributed by atoms with van der Waals surface area (Å²) in [6.07, 6.45) is -3.59. The van der Waals surface area contributed by atoms with Gasteiger partial charge in [-0.05, 0) is 30.3 Å². The van der Waals surface area contributed by atoms with Crippen LogP contribution in [-0.2, 0) is 4.79 Å². The Balaban J connectivity index is 2.18. The van der Waals surface area contributed by atoms with Crippen LogP contribution in [0.1, 0.15) is 16.8 Å². The largest absolute Gasteiger partial charge is 0.468 e. The number of hydrogen-bond acceptors (Lipinski definition) is 4. The molecular weight excluding hydrogens is 370 g/mol. The van der Waals surface area contributed by atoms with Crippen molar-refractivity contribution in [3.05, 3.63) is 54.0 Å². The van der Waals surface area contributed by atoms with Gasteiger partial charge in [-0.2, -0.15) is 13.2 Å². The molecule has 2 rings (SSSR count). The molecule has 0 aliphatic carbocycles. The Labute approximate surface area is 151 Å². The Bertz CT molecular complexity index is 793. The molecule has 2 amide bonds. The van der Waals surface area contributed by atoms with E-state index in [1.54, 1.807) is 0 Å². The first-order valence-electron chi connectivity index (χ1n) is 7.67. The van der Waals surface area contributed by atoms with Crippen LogP contribution in [0, 0.1) is 5.82 Å². The van der Waals surface area contributed by atoms with Crippen LogP contribution in [0.4, 0.5) is 23.2 Å². The van der Waals surface area contributed by atoms with Crippen LogP contribution in [0.2, 0.25) is 0 Å². The van der Waals surface area contributed by atoms with Crippen molar-refractivity contribution in [2.45, 2.75) is 12.6 Å². The molecule has 2 aromatic rings. The van der Waals surface area contributed by atoms with Crippen LogP contribution in [-0.4, -0.2) is 36.1 Å². The van der Waals surface area contributed by atoms with E-state index in [1.807, 2.05) is 0 Å². The zero-order valence-electron chi connectivity index (χ0n) is 13.9. The van der Waals surface area contributed by atoms with Crippen molar-refractivity contribution >= 4 is 17.5 Å². The van der Waals surface area contributed by atoms with E-state index in [2.05, 4.69) is 9.72 Å². The van der Waals surface area contributed by atoms with Crippen LogP contribution >= 0.6 is 0 Å². The fourth-order valence-electron chi connectivity index (χ4n) is 2.09. The summed E-state index contributed by atoms with van der Waals surface area (Å²) in [4.78, 5) is 28.6. The van der Waals surface area contributed by atoms with Gasteiger partial charge in [0.15, 0.2) is 6.61 Å².